The van der Waals surface area contributed by atoms with Crippen molar-refractivity contribution in [2.45, 2.75) is 76.7 Å². The van der Waals surface area contributed by atoms with Gasteiger partial charge >= 0.3 is 0 Å². The van der Waals surface area contributed by atoms with E-state index >= 15 is 0 Å². The van der Waals surface area contributed by atoms with Crippen molar-refractivity contribution >= 4 is 29.1 Å². The summed E-state index contributed by atoms with van der Waals surface area (Å²) in [4.78, 5) is 39.1. The van der Waals surface area contributed by atoms with Crippen molar-refractivity contribution in [3.05, 3.63) is 51.2 Å². The largest absolute Gasteiger partial charge is 0.488 e. The Balaban J connectivity index is 1.16. The monoisotopic (exact) mass is 467 g/mol. The third kappa shape index (κ3) is 4.82. The topological polar surface area (TPSA) is 87.7 Å². The van der Waals surface area contributed by atoms with E-state index in [0.29, 0.717) is 31.2 Å². The van der Waals surface area contributed by atoms with Crippen LogP contribution < -0.4 is 15.4 Å². The van der Waals surface area contributed by atoms with Crippen LogP contribution in [0.25, 0.3) is 0 Å². The number of hydrogen-bond acceptors (Lipinski definition) is 6. The molecule has 3 aliphatic rings. The van der Waals surface area contributed by atoms with Crippen LogP contribution in [-0.4, -0.2) is 34.7 Å². The molecule has 0 spiro atoms. The lowest BCUT2D eigenvalue weighted by Crippen LogP contribution is -2.52. The van der Waals surface area contributed by atoms with Crippen LogP contribution in [0, 0.1) is 0 Å². The predicted molar refractivity (Wildman–Crippen MR) is 125 cm³/mol. The Morgan fingerprint density at radius 3 is 2.61 bits per heavy atom. The van der Waals surface area contributed by atoms with Gasteiger partial charge in [0, 0.05) is 41.4 Å². The molecule has 1 aromatic heterocycles. The van der Waals surface area contributed by atoms with E-state index in [9.17, 15) is 14.4 Å². The summed E-state index contributed by atoms with van der Waals surface area (Å²) in [5, 5.41) is 7.85. The number of benzene rings is 1. The fraction of sp³-hybridized carbons (Fsp3) is 0.480. The number of amides is 3. The van der Waals surface area contributed by atoms with E-state index in [-0.39, 0.29) is 24.1 Å². The second kappa shape index (κ2) is 9.65. The Hall–Kier alpha value is -2.71. The molecule has 3 heterocycles. The SMILES string of the molecule is O=C1CCC(N2Cc3c(csc3COc3ccc(CNC4CCCCC4)cc3)C2=O)C(=O)N1. The number of hydrogen-bond donors (Lipinski definition) is 2. The fourth-order valence-electron chi connectivity index (χ4n) is 4.95. The first-order chi connectivity index (χ1) is 16.1. The maximum Gasteiger partial charge on any atom is 0.256 e. The molecular weight excluding hydrogens is 438 g/mol. The Labute approximate surface area is 197 Å². The number of ether oxygens (including phenoxy) is 1. The van der Waals surface area contributed by atoms with Gasteiger partial charge in [0.15, 0.2) is 0 Å². The van der Waals surface area contributed by atoms with Crippen LogP contribution in [0.3, 0.4) is 0 Å². The summed E-state index contributed by atoms with van der Waals surface area (Å²) in [5.74, 6) is -0.00650. The van der Waals surface area contributed by atoms with Gasteiger partial charge in [0.05, 0.1) is 5.56 Å². The second-order valence-electron chi connectivity index (χ2n) is 9.10. The van der Waals surface area contributed by atoms with E-state index in [2.05, 4.69) is 22.8 Å². The molecule has 33 heavy (non-hydrogen) atoms. The first-order valence-corrected chi connectivity index (χ1v) is 12.7. The summed E-state index contributed by atoms with van der Waals surface area (Å²) in [5.41, 5.74) is 2.82. The minimum absolute atomic E-state index is 0.142. The molecule has 1 unspecified atom stereocenters. The summed E-state index contributed by atoms with van der Waals surface area (Å²) in [6, 6.07) is 8.23. The van der Waals surface area contributed by atoms with Gasteiger partial charge < -0.3 is 15.0 Å². The van der Waals surface area contributed by atoms with Gasteiger partial charge in [0.1, 0.15) is 18.4 Å². The van der Waals surface area contributed by atoms with Crippen molar-refractivity contribution in [2.24, 2.45) is 0 Å². The molecule has 174 valence electrons. The zero-order valence-electron chi connectivity index (χ0n) is 18.6. The van der Waals surface area contributed by atoms with E-state index < -0.39 is 6.04 Å². The van der Waals surface area contributed by atoms with Crippen LogP contribution in [0.4, 0.5) is 0 Å². The Bertz CT molecular complexity index is 1040. The molecule has 2 aliphatic heterocycles. The van der Waals surface area contributed by atoms with Gasteiger partial charge in [0.25, 0.3) is 5.91 Å². The first-order valence-electron chi connectivity index (χ1n) is 11.8. The average Bonchev–Trinajstić information content (AvgIpc) is 3.38. The van der Waals surface area contributed by atoms with Crippen LogP contribution in [0.5, 0.6) is 5.75 Å². The molecular formula is C25H29N3O4S. The van der Waals surface area contributed by atoms with Crippen molar-refractivity contribution in [3.8, 4) is 5.75 Å². The minimum atomic E-state index is -0.587. The van der Waals surface area contributed by atoms with Crippen molar-refractivity contribution in [3.63, 3.8) is 0 Å². The third-order valence-corrected chi connectivity index (χ3v) is 7.88. The summed E-state index contributed by atoms with van der Waals surface area (Å²) < 4.78 is 6.01. The summed E-state index contributed by atoms with van der Waals surface area (Å²) in [7, 11) is 0. The number of piperidine rings is 1. The van der Waals surface area contributed by atoms with Gasteiger partial charge in [0.2, 0.25) is 11.8 Å². The van der Waals surface area contributed by atoms with Crippen LogP contribution in [0.1, 0.15) is 71.3 Å². The second-order valence-corrected chi connectivity index (χ2v) is 10.1. The highest BCUT2D eigenvalue weighted by molar-refractivity contribution is 7.10. The van der Waals surface area contributed by atoms with Gasteiger partial charge in [-0.05, 0) is 37.0 Å². The summed E-state index contributed by atoms with van der Waals surface area (Å²) >= 11 is 1.51. The zero-order valence-corrected chi connectivity index (χ0v) is 19.4. The number of carbonyl (C=O) groups excluding carboxylic acids is 3. The fourth-order valence-corrected chi connectivity index (χ4v) is 5.89. The van der Waals surface area contributed by atoms with Gasteiger partial charge in [-0.25, -0.2) is 0 Å². The number of nitrogens with one attached hydrogen (secondary N) is 2. The molecule has 2 N–H and O–H groups in total. The summed E-state index contributed by atoms with van der Waals surface area (Å²) in [6.45, 7) is 1.65. The lowest BCUT2D eigenvalue weighted by atomic mass is 9.95. The maximum atomic E-state index is 12.8. The zero-order chi connectivity index (χ0) is 22.8. The Morgan fingerprint density at radius 2 is 1.85 bits per heavy atom. The number of imide groups is 1. The number of fused-ring (bicyclic) bond motifs is 1. The van der Waals surface area contributed by atoms with Crippen molar-refractivity contribution in [1.29, 1.82) is 0 Å². The van der Waals surface area contributed by atoms with Crippen LogP contribution in [0.2, 0.25) is 0 Å². The van der Waals surface area contributed by atoms with E-state index in [0.717, 1.165) is 22.7 Å². The molecule has 1 aromatic carbocycles. The Kier molecular flexibility index (Phi) is 6.46. The van der Waals surface area contributed by atoms with Crippen LogP contribution >= 0.6 is 11.3 Å². The smallest absolute Gasteiger partial charge is 0.256 e. The highest BCUT2D eigenvalue weighted by Crippen LogP contribution is 2.34. The van der Waals surface area contributed by atoms with E-state index in [1.165, 1.54) is 49.0 Å². The number of rotatable bonds is 7. The number of nitrogens with zero attached hydrogens (tertiary/aromatic N) is 1. The highest BCUT2D eigenvalue weighted by atomic mass is 32.1. The van der Waals surface area contributed by atoms with E-state index in [4.69, 9.17) is 4.74 Å². The average molecular weight is 468 g/mol. The molecule has 1 saturated carbocycles. The lowest BCUT2D eigenvalue weighted by molar-refractivity contribution is -0.136. The molecule has 0 bridgehead atoms. The molecule has 7 nitrogen and oxygen atoms in total. The molecule has 8 heteroatoms. The lowest BCUT2D eigenvalue weighted by Gasteiger charge is -2.29. The van der Waals surface area contributed by atoms with Crippen LogP contribution in [-0.2, 0) is 29.3 Å². The van der Waals surface area contributed by atoms with Crippen LogP contribution in [0.15, 0.2) is 29.6 Å². The van der Waals surface area contributed by atoms with Crippen molar-refractivity contribution < 1.29 is 19.1 Å². The normalized spacial score (nSPS) is 21.3. The quantitative estimate of drug-likeness (QED) is 0.609. The van der Waals surface area contributed by atoms with Crippen molar-refractivity contribution in [1.82, 2.24) is 15.5 Å². The molecule has 1 saturated heterocycles. The molecule has 2 fully saturated rings. The standard InChI is InChI=1S/C25H29N3O4S/c29-23-11-10-21(24(30)27-23)28-13-19-20(25(28)31)15-33-22(19)14-32-18-8-6-16(7-9-18)12-26-17-4-2-1-3-5-17/h6-9,15,17,21,26H,1-5,10-14H2,(H,27,29,30). The number of thiophene rings is 1. The Morgan fingerprint density at radius 1 is 1.06 bits per heavy atom. The molecule has 2 aromatic rings. The highest BCUT2D eigenvalue weighted by Gasteiger charge is 2.40. The van der Waals surface area contributed by atoms with E-state index in [1.807, 2.05) is 17.5 Å². The number of carbonyl (C=O) groups is 3. The third-order valence-electron chi connectivity index (χ3n) is 6.88. The van der Waals surface area contributed by atoms with Gasteiger partial charge in [-0.1, -0.05) is 31.4 Å². The maximum absolute atomic E-state index is 12.8. The molecule has 5 rings (SSSR count). The first kappa shape index (κ1) is 22.1. The van der Waals surface area contributed by atoms with E-state index in [1.54, 1.807) is 4.90 Å². The van der Waals surface area contributed by atoms with Gasteiger partial charge in [-0.3, -0.25) is 19.7 Å². The molecule has 0 radical (unpaired) electrons. The molecule has 3 amide bonds. The van der Waals surface area contributed by atoms with Gasteiger partial charge in [-0.15, -0.1) is 11.3 Å². The molecule has 1 atom stereocenters. The summed E-state index contributed by atoms with van der Waals surface area (Å²) in [6.07, 6.45) is 7.20. The van der Waals surface area contributed by atoms with Gasteiger partial charge in [-0.2, -0.15) is 0 Å². The minimum Gasteiger partial charge on any atom is -0.488 e. The van der Waals surface area contributed by atoms with Crippen molar-refractivity contribution in [2.75, 3.05) is 0 Å². The molecule has 1 aliphatic carbocycles. The predicted octanol–water partition coefficient (Wildman–Crippen LogP) is 3.51.